The number of rotatable bonds is 13. The molecule has 0 bridgehead atoms. The first kappa shape index (κ1) is 18.9. The van der Waals surface area contributed by atoms with Gasteiger partial charge in [-0.15, -0.1) is 0 Å². The van der Waals surface area contributed by atoms with Crippen molar-refractivity contribution in [3.63, 3.8) is 0 Å². The van der Waals surface area contributed by atoms with E-state index in [2.05, 4.69) is 12.2 Å². The summed E-state index contributed by atoms with van der Waals surface area (Å²) >= 11 is 0. The Labute approximate surface area is 123 Å². The van der Waals surface area contributed by atoms with E-state index < -0.39 is 5.97 Å². The maximum Gasteiger partial charge on any atom is 0.315 e. The molecule has 0 saturated carbocycles. The average molecular weight is 285 g/mol. The molecule has 0 spiro atoms. The summed E-state index contributed by atoms with van der Waals surface area (Å²) in [5.41, 5.74) is 0. The van der Waals surface area contributed by atoms with Crippen LogP contribution in [0.3, 0.4) is 0 Å². The highest BCUT2D eigenvalue weighted by molar-refractivity contribution is 5.94. The molecule has 20 heavy (non-hydrogen) atoms. The Morgan fingerprint density at radius 3 is 1.95 bits per heavy atom. The first-order valence-electron chi connectivity index (χ1n) is 8.13. The smallest absolute Gasteiger partial charge is 0.315 e. The predicted octanol–water partition coefficient (Wildman–Crippen LogP) is 3.59. The normalized spacial score (nSPS) is 10.3. The molecule has 4 heteroatoms. The quantitative estimate of drug-likeness (QED) is 0.320. The van der Waals surface area contributed by atoms with E-state index in [0.29, 0.717) is 13.2 Å². The van der Waals surface area contributed by atoms with Gasteiger partial charge in [0, 0.05) is 6.54 Å². The molecule has 118 valence electrons. The van der Waals surface area contributed by atoms with Crippen molar-refractivity contribution in [3.8, 4) is 0 Å². The summed E-state index contributed by atoms with van der Waals surface area (Å²) in [6.07, 6.45) is 11.2. The van der Waals surface area contributed by atoms with Gasteiger partial charge in [-0.25, -0.2) is 0 Å². The van der Waals surface area contributed by atoms with Crippen LogP contribution >= 0.6 is 0 Å². The zero-order chi connectivity index (χ0) is 15.1. The van der Waals surface area contributed by atoms with Crippen molar-refractivity contribution in [2.45, 2.75) is 78.1 Å². The number of esters is 1. The summed E-state index contributed by atoms with van der Waals surface area (Å²) < 4.78 is 4.71. The lowest BCUT2D eigenvalue weighted by Crippen LogP contribution is -2.27. The van der Waals surface area contributed by atoms with Crippen LogP contribution in [0.2, 0.25) is 0 Å². The number of carbonyl (C=O) groups excluding carboxylic acids is 2. The molecule has 1 N–H and O–H groups in total. The zero-order valence-electron chi connectivity index (χ0n) is 13.2. The van der Waals surface area contributed by atoms with E-state index in [1.807, 2.05) is 0 Å². The first-order chi connectivity index (χ1) is 9.70. The van der Waals surface area contributed by atoms with Crippen LogP contribution in [0.5, 0.6) is 0 Å². The van der Waals surface area contributed by atoms with Gasteiger partial charge in [0.05, 0.1) is 6.61 Å². The Hall–Kier alpha value is -1.06. The minimum atomic E-state index is -0.447. The Morgan fingerprint density at radius 1 is 0.850 bits per heavy atom. The largest absolute Gasteiger partial charge is 0.466 e. The lowest BCUT2D eigenvalue weighted by atomic mass is 10.1. The fraction of sp³-hybridized carbons (Fsp3) is 0.875. The summed E-state index contributed by atoms with van der Waals surface area (Å²) in [5, 5.41) is 2.75. The van der Waals surface area contributed by atoms with E-state index in [1.165, 1.54) is 44.9 Å². The highest BCUT2D eigenvalue weighted by Crippen LogP contribution is 2.09. The molecule has 0 aromatic heterocycles. The highest BCUT2D eigenvalue weighted by Gasteiger charge is 2.08. The van der Waals surface area contributed by atoms with Crippen LogP contribution in [0, 0.1) is 0 Å². The number of amides is 1. The number of hydrogen-bond acceptors (Lipinski definition) is 3. The van der Waals surface area contributed by atoms with Gasteiger partial charge in [0.25, 0.3) is 0 Å². The van der Waals surface area contributed by atoms with E-state index in [9.17, 15) is 9.59 Å². The second-order valence-corrected chi connectivity index (χ2v) is 5.16. The first-order valence-corrected chi connectivity index (χ1v) is 8.13. The van der Waals surface area contributed by atoms with Crippen LogP contribution in [-0.2, 0) is 14.3 Å². The third-order valence-corrected chi connectivity index (χ3v) is 3.21. The number of unbranched alkanes of at least 4 members (excludes halogenated alkanes) is 8. The average Bonchev–Trinajstić information content (AvgIpc) is 2.41. The number of ether oxygens (including phenoxy) is 1. The molecule has 0 fully saturated rings. The second kappa shape index (κ2) is 14.4. The summed E-state index contributed by atoms with van der Waals surface area (Å²) in [4.78, 5) is 22.4. The van der Waals surface area contributed by atoms with Gasteiger partial charge in [0.15, 0.2) is 0 Å². The molecule has 0 saturated heterocycles. The maximum atomic E-state index is 11.4. The minimum absolute atomic E-state index is 0.161. The third-order valence-electron chi connectivity index (χ3n) is 3.21. The van der Waals surface area contributed by atoms with Crippen LogP contribution in [0.25, 0.3) is 0 Å². The van der Waals surface area contributed by atoms with E-state index in [4.69, 9.17) is 4.74 Å². The fourth-order valence-electron chi connectivity index (χ4n) is 2.07. The van der Waals surface area contributed by atoms with Gasteiger partial charge in [0.2, 0.25) is 5.91 Å². The van der Waals surface area contributed by atoms with Crippen molar-refractivity contribution < 1.29 is 14.3 Å². The monoisotopic (exact) mass is 285 g/mol. The highest BCUT2D eigenvalue weighted by atomic mass is 16.5. The molecule has 0 unspecified atom stereocenters. The second-order valence-electron chi connectivity index (χ2n) is 5.16. The molecule has 0 aromatic carbocycles. The molecular weight excluding hydrogens is 254 g/mol. The Balaban J connectivity index is 3.23. The Morgan fingerprint density at radius 2 is 1.40 bits per heavy atom. The zero-order valence-corrected chi connectivity index (χ0v) is 13.2. The number of hydrogen-bond donors (Lipinski definition) is 1. The number of nitrogens with one attached hydrogen (secondary N) is 1. The molecule has 0 rings (SSSR count). The molecule has 0 atom stereocenters. The van der Waals surface area contributed by atoms with Crippen LogP contribution < -0.4 is 5.32 Å². The Bertz CT molecular complexity index is 254. The van der Waals surface area contributed by atoms with Gasteiger partial charge < -0.3 is 10.1 Å². The van der Waals surface area contributed by atoms with Crippen molar-refractivity contribution in [3.05, 3.63) is 0 Å². The lowest BCUT2D eigenvalue weighted by molar-refractivity contribution is -0.145. The SMILES string of the molecule is CCCCCCCCCCCNC(=O)CC(=O)OCC. The molecule has 0 aromatic rings. The molecule has 0 radical (unpaired) electrons. The van der Waals surface area contributed by atoms with E-state index in [1.54, 1.807) is 6.92 Å². The van der Waals surface area contributed by atoms with Crippen molar-refractivity contribution in [1.82, 2.24) is 5.32 Å². The fourth-order valence-corrected chi connectivity index (χ4v) is 2.07. The molecule has 0 aliphatic carbocycles. The van der Waals surface area contributed by atoms with Gasteiger partial charge in [-0.2, -0.15) is 0 Å². The van der Waals surface area contributed by atoms with Crippen molar-refractivity contribution >= 4 is 11.9 Å². The van der Waals surface area contributed by atoms with Crippen molar-refractivity contribution in [1.29, 1.82) is 0 Å². The van der Waals surface area contributed by atoms with Crippen molar-refractivity contribution in [2.24, 2.45) is 0 Å². The standard InChI is InChI=1S/C16H31NO3/c1-3-5-6-7-8-9-10-11-12-13-17-15(18)14-16(19)20-4-2/h3-14H2,1-2H3,(H,17,18). The lowest BCUT2D eigenvalue weighted by Gasteiger charge is -2.05. The predicted molar refractivity (Wildman–Crippen MR) is 81.5 cm³/mol. The molecule has 0 aliphatic heterocycles. The van der Waals surface area contributed by atoms with Crippen molar-refractivity contribution in [2.75, 3.05) is 13.2 Å². The topological polar surface area (TPSA) is 55.4 Å². The van der Waals surface area contributed by atoms with Gasteiger partial charge in [-0.3, -0.25) is 9.59 Å². The van der Waals surface area contributed by atoms with Gasteiger partial charge >= 0.3 is 5.97 Å². The summed E-state index contributed by atoms with van der Waals surface area (Å²) in [7, 11) is 0. The molecule has 0 aliphatic rings. The molecule has 0 heterocycles. The van der Waals surface area contributed by atoms with E-state index in [-0.39, 0.29) is 12.3 Å². The van der Waals surface area contributed by atoms with Crippen LogP contribution in [-0.4, -0.2) is 25.0 Å². The molecular formula is C16H31NO3. The van der Waals surface area contributed by atoms with Gasteiger partial charge in [0.1, 0.15) is 6.42 Å². The van der Waals surface area contributed by atoms with Crippen LogP contribution in [0.15, 0.2) is 0 Å². The van der Waals surface area contributed by atoms with E-state index >= 15 is 0 Å². The summed E-state index contributed by atoms with van der Waals surface area (Å²) in [6, 6.07) is 0. The summed E-state index contributed by atoms with van der Waals surface area (Å²) in [6.45, 7) is 4.95. The third kappa shape index (κ3) is 13.4. The Kier molecular flexibility index (Phi) is 13.6. The summed E-state index contributed by atoms with van der Waals surface area (Å²) in [5.74, 6) is -0.680. The molecule has 1 amide bonds. The van der Waals surface area contributed by atoms with E-state index in [0.717, 1.165) is 12.8 Å². The van der Waals surface area contributed by atoms with Gasteiger partial charge in [-0.05, 0) is 13.3 Å². The number of carbonyl (C=O) groups is 2. The molecule has 4 nitrogen and oxygen atoms in total. The minimum Gasteiger partial charge on any atom is -0.466 e. The van der Waals surface area contributed by atoms with Gasteiger partial charge in [-0.1, -0.05) is 58.3 Å². The maximum absolute atomic E-state index is 11.4. The van der Waals surface area contributed by atoms with Crippen LogP contribution in [0.1, 0.15) is 78.1 Å². The van der Waals surface area contributed by atoms with Crippen LogP contribution in [0.4, 0.5) is 0 Å².